The second-order valence-corrected chi connectivity index (χ2v) is 5.57. The van der Waals surface area contributed by atoms with Crippen molar-refractivity contribution in [2.75, 3.05) is 17.3 Å². The highest BCUT2D eigenvalue weighted by molar-refractivity contribution is 6.02. The van der Waals surface area contributed by atoms with Gasteiger partial charge in [-0.05, 0) is 48.0 Å². The quantitative estimate of drug-likeness (QED) is 0.823. The number of halogens is 3. The maximum Gasteiger partial charge on any atom is 0.416 e. The molecule has 0 heterocycles. The standard InChI is InChI=1S/C19H17F3N2O2/c1-13(25)24(2)17-9-7-16(8-10-17)23-18(26)11-6-14-4-3-5-15(12-14)19(20,21)22/h3-12H,1-2H3,(H,23,26)/b11-6+. The number of carbonyl (C=O) groups is 2. The SMILES string of the molecule is CC(=O)N(C)c1ccc(NC(=O)/C=C/c2cccc(C(F)(F)F)c2)cc1. The van der Waals surface area contributed by atoms with Crippen LogP contribution in [0.1, 0.15) is 18.1 Å². The molecule has 0 aliphatic heterocycles. The molecule has 0 aliphatic rings. The Morgan fingerprint density at radius 3 is 2.31 bits per heavy atom. The molecule has 2 aromatic rings. The monoisotopic (exact) mass is 362 g/mol. The first-order valence-electron chi connectivity index (χ1n) is 7.67. The minimum Gasteiger partial charge on any atom is -0.323 e. The van der Waals surface area contributed by atoms with Crippen LogP contribution in [0.5, 0.6) is 0 Å². The molecule has 0 fully saturated rings. The topological polar surface area (TPSA) is 49.4 Å². The van der Waals surface area contributed by atoms with E-state index in [0.29, 0.717) is 11.4 Å². The zero-order valence-electron chi connectivity index (χ0n) is 14.2. The summed E-state index contributed by atoms with van der Waals surface area (Å²) in [6, 6.07) is 11.3. The van der Waals surface area contributed by atoms with Gasteiger partial charge in [0, 0.05) is 31.4 Å². The van der Waals surface area contributed by atoms with Gasteiger partial charge in [-0.1, -0.05) is 12.1 Å². The van der Waals surface area contributed by atoms with Gasteiger partial charge in [0.25, 0.3) is 0 Å². The molecule has 0 aromatic heterocycles. The number of benzene rings is 2. The van der Waals surface area contributed by atoms with Gasteiger partial charge in [-0.3, -0.25) is 9.59 Å². The van der Waals surface area contributed by atoms with Crippen molar-refractivity contribution in [2.45, 2.75) is 13.1 Å². The van der Waals surface area contributed by atoms with Crippen LogP contribution in [-0.4, -0.2) is 18.9 Å². The lowest BCUT2D eigenvalue weighted by molar-refractivity contribution is -0.137. The van der Waals surface area contributed by atoms with Crippen molar-refractivity contribution < 1.29 is 22.8 Å². The smallest absolute Gasteiger partial charge is 0.323 e. The molecule has 2 aromatic carbocycles. The van der Waals surface area contributed by atoms with E-state index >= 15 is 0 Å². The predicted octanol–water partition coefficient (Wildman–Crippen LogP) is 4.34. The van der Waals surface area contributed by atoms with E-state index in [1.807, 2.05) is 0 Å². The Bertz CT molecular complexity index is 827. The number of carbonyl (C=O) groups excluding carboxylic acids is 2. The van der Waals surface area contributed by atoms with Crippen molar-refractivity contribution >= 4 is 29.3 Å². The molecular formula is C19H17F3N2O2. The van der Waals surface area contributed by atoms with Crippen LogP contribution in [0, 0.1) is 0 Å². The molecule has 0 saturated carbocycles. The fraction of sp³-hybridized carbons (Fsp3) is 0.158. The molecule has 0 radical (unpaired) electrons. The van der Waals surface area contributed by atoms with Crippen LogP contribution in [0.25, 0.3) is 6.08 Å². The Morgan fingerprint density at radius 2 is 1.73 bits per heavy atom. The molecule has 2 rings (SSSR count). The van der Waals surface area contributed by atoms with Crippen LogP contribution in [0.4, 0.5) is 24.5 Å². The Morgan fingerprint density at radius 1 is 1.08 bits per heavy atom. The minimum atomic E-state index is -4.43. The van der Waals surface area contributed by atoms with E-state index in [-0.39, 0.29) is 11.5 Å². The first-order valence-corrected chi connectivity index (χ1v) is 7.67. The molecular weight excluding hydrogens is 345 g/mol. The molecule has 0 spiro atoms. The summed E-state index contributed by atoms with van der Waals surface area (Å²) >= 11 is 0. The first kappa shape index (κ1) is 19.2. The van der Waals surface area contributed by atoms with Crippen LogP contribution in [0.15, 0.2) is 54.6 Å². The fourth-order valence-corrected chi connectivity index (χ4v) is 2.12. The van der Waals surface area contributed by atoms with Gasteiger partial charge in [0.2, 0.25) is 11.8 Å². The summed E-state index contributed by atoms with van der Waals surface area (Å²) in [5, 5.41) is 2.60. The van der Waals surface area contributed by atoms with Crippen molar-refractivity contribution in [3.8, 4) is 0 Å². The molecule has 0 saturated heterocycles. The second kappa shape index (κ2) is 7.86. The lowest BCUT2D eigenvalue weighted by Gasteiger charge is -2.15. The van der Waals surface area contributed by atoms with Crippen LogP contribution in [0.2, 0.25) is 0 Å². The average Bonchev–Trinajstić information content (AvgIpc) is 2.59. The van der Waals surface area contributed by atoms with E-state index in [2.05, 4.69) is 5.32 Å². The van der Waals surface area contributed by atoms with E-state index in [0.717, 1.165) is 18.2 Å². The highest BCUT2D eigenvalue weighted by Gasteiger charge is 2.30. The highest BCUT2D eigenvalue weighted by Crippen LogP contribution is 2.29. The number of hydrogen-bond donors (Lipinski definition) is 1. The van der Waals surface area contributed by atoms with Crippen molar-refractivity contribution in [2.24, 2.45) is 0 Å². The molecule has 2 amide bonds. The molecule has 26 heavy (non-hydrogen) atoms. The summed E-state index contributed by atoms with van der Waals surface area (Å²) < 4.78 is 38.0. The maximum absolute atomic E-state index is 12.7. The molecule has 0 atom stereocenters. The molecule has 0 aliphatic carbocycles. The number of amides is 2. The third-order valence-electron chi connectivity index (χ3n) is 3.64. The fourth-order valence-electron chi connectivity index (χ4n) is 2.12. The number of rotatable bonds is 4. The van der Waals surface area contributed by atoms with E-state index in [9.17, 15) is 22.8 Å². The lowest BCUT2D eigenvalue weighted by Crippen LogP contribution is -2.22. The van der Waals surface area contributed by atoms with Crippen molar-refractivity contribution in [1.82, 2.24) is 0 Å². The largest absolute Gasteiger partial charge is 0.416 e. The van der Waals surface area contributed by atoms with E-state index in [1.165, 1.54) is 30.0 Å². The van der Waals surface area contributed by atoms with Gasteiger partial charge in [-0.25, -0.2) is 0 Å². The van der Waals surface area contributed by atoms with Crippen LogP contribution >= 0.6 is 0 Å². The summed E-state index contributed by atoms with van der Waals surface area (Å²) in [4.78, 5) is 24.7. The van der Waals surface area contributed by atoms with Crippen molar-refractivity contribution in [1.29, 1.82) is 0 Å². The Balaban J connectivity index is 2.02. The van der Waals surface area contributed by atoms with Crippen LogP contribution in [0.3, 0.4) is 0 Å². The summed E-state index contributed by atoms with van der Waals surface area (Å²) in [5.41, 5.74) is 0.679. The molecule has 0 unspecified atom stereocenters. The number of anilines is 2. The van der Waals surface area contributed by atoms with Gasteiger partial charge >= 0.3 is 6.18 Å². The summed E-state index contributed by atoms with van der Waals surface area (Å²) in [6.45, 7) is 1.44. The first-order chi connectivity index (χ1) is 12.2. The molecule has 136 valence electrons. The molecule has 7 heteroatoms. The number of hydrogen-bond acceptors (Lipinski definition) is 2. The Kier molecular flexibility index (Phi) is 5.82. The van der Waals surface area contributed by atoms with E-state index in [4.69, 9.17) is 0 Å². The molecule has 4 nitrogen and oxygen atoms in total. The second-order valence-electron chi connectivity index (χ2n) is 5.57. The number of nitrogens with one attached hydrogen (secondary N) is 1. The normalized spacial score (nSPS) is 11.4. The predicted molar refractivity (Wildman–Crippen MR) is 94.6 cm³/mol. The molecule has 1 N–H and O–H groups in total. The average molecular weight is 362 g/mol. The van der Waals surface area contributed by atoms with Gasteiger partial charge in [0.15, 0.2) is 0 Å². The van der Waals surface area contributed by atoms with Gasteiger partial charge in [-0.2, -0.15) is 13.2 Å². The summed E-state index contributed by atoms with van der Waals surface area (Å²) in [7, 11) is 1.63. The number of nitrogens with zero attached hydrogens (tertiary/aromatic N) is 1. The highest BCUT2D eigenvalue weighted by atomic mass is 19.4. The third-order valence-corrected chi connectivity index (χ3v) is 3.64. The zero-order valence-corrected chi connectivity index (χ0v) is 14.2. The van der Waals surface area contributed by atoms with E-state index in [1.54, 1.807) is 31.3 Å². The van der Waals surface area contributed by atoms with Gasteiger partial charge < -0.3 is 10.2 Å². The van der Waals surface area contributed by atoms with E-state index < -0.39 is 17.6 Å². The van der Waals surface area contributed by atoms with Crippen LogP contribution < -0.4 is 10.2 Å². The van der Waals surface area contributed by atoms with Gasteiger partial charge in [0.05, 0.1) is 5.56 Å². The zero-order chi connectivity index (χ0) is 19.3. The minimum absolute atomic E-state index is 0.120. The third kappa shape index (κ3) is 5.20. The van der Waals surface area contributed by atoms with Gasteiger partial charge in [0.1, 0.15) is 0 Å². The lowest BCUT2D eigenvalue weighted by atomic mass is 10.1. The van der Waals surface area contributed by atoms with Gasteiger partial charge in [-0.15, -0.1) is 0 Å². The van der Waals surface area contributed by atoms with Crippen LogP contribution in [-0.2, 0) is 15.8 Å². The Hall–Kier alpha value is -3.09. The summed E-state index contributed by atoms with van der Waals surface area (Å²) in [6.07, 6.45) is -1.96. The molecule has 0 bridgehead atoms. The Labute approximate surface area is 148 Å². The van der Waals surface area contributed by atoms with Crippen molar-refractivity contribution in [3.63, 3.8) is 0 Å². The summed E-state index contributed by atoms with van der Waals surface area (Å²) in [5.74, 6) is -0.596. The maximum atomic E-state index is 12.7. The number of alkyl halides is 3. The van der Waals surface area contributed by atoms with Crippen molar-refractivity contribution in [3.05, 3.63) is 65.7 Å².